The molecule has 4 aliphatic carbocycles. The Morgan fingerprint density at radius 1 is 1.21 bits per heavy atom. The molecule has 0 spiro atoms. The van der Waals surface area contributed by atoms with Gasteiger partial charge in [0.05, 0.1) is 0 Å². The monoisotopic (exact) mass is 386 g/mol. The summed E-state index contributed by atoms with van der Waals surface area (Å²) >= 11 is 0. The maximum absolute atomic E-state index is 12.0. The van der Waals surface area contributed by atoms with Gasteiger partial charge in [0.1, 0.15) is 6.10 Å². The molecule has 0 unspecified atom stereocenters. The number of hydrogen-bond acceptors (Lipinski definition) is 5. The van der Waals surface area contributed by atoms with Crippen molar-refractivity contribution in [1.82, 2.24) is 0 Å². The molecule has 1 N–H and O–H groups in total. The van der Waals surface area contributed by atoms with Crippen LogP contribution < -0.4 is 0 Å². The van der Waals surface area contributed by atoms with Crippen LogP contribution in [-0.2, 0) is 19.1 Å². The topological polar surface area (TPSA) is 80.7 Å². The molecule has 0 aromatic heterocycles. The van der Waals surface area contributed by atoms with Gasteiger partial charge in [-0.1, -0.05) is 19.4 Å². The van der Waals surface area contributed by atoms with E-state index in [-0.39, 0.29) is 40.4 Å². The lowest BCUT2D eigenvalue weighted by atomic mass is 9.46. The van der Waals surface area contributed by atoms with E-state index in [0.717, 1.165) is 37.7 Å². The predicted molar refractivity (Wildman–Crippen MR) is 103 cm³/mol. The van der Waals surface area contributed by atoms with Crippen LogP contribution in [0, 0.1) is 28.6 Å². The van der Waals surface area contributed by atoms with Gasteiger partial charge in [0.2, 0.25) is 0 Å². The second kappa shape index (κ2) is 6.57. The van der Waals surface area contributed by atoms with E-state index in [1.165, 1.54) is 12.5 Å². The van der Waals surface area contributed by atoms with Gasteiger partial charge in [0.25, 0.3) is 0 Å². The molecule has 0 radical (unpaired) electrons. The Balaban J connectivity index is 1.80. The van der Waals surface area contributed by atoms with Crippen LogP contribution in [-0.4, -0.2) is 29.2 Å². The number of carbonyl (C=O) groups excluding carboxylic acids is 3. The number of fused-ring (bicyclic) bond motifs is 5. The molecule has 6 atom stereocenters. The Morgan fingerprint density at radius 3 is 2.64 bits per heavy atom. The molecule has 0 heterocycles. The molecule has 3 saturated carbocycles. The Hall–Kier alpha value is -1.91. The van der Waals surface area contributed by atoms with E-state index in [0.29, 0.717) is 31.0 Å². The molecule has 0 saturated heterocycles. The largest absolute Gasteiger partial charge is 0.505 e. The highest BCUT2D eigenvalue weighted by atomic mass is 16.5. The molecule has 5 nitrogen and oxygen atoms in total. The SMILES string of the molecule is CC(=O)O[C@H]1C[C@]2(C)/C(=C(\O)C=O)CC[C@H]2[C@@H]2CCC3=CC(=O)CC[C@]3(C)[C@H]21. The molecular formula is C23H30O5. The van der Waals surface area contributed by atoms with Crippen molar-refractivity contribution in [2.24, 2.45) is 28.6 Å². The lowest BCUT2D eigenvalue weighted by molar-refractivity contribution is -0.170. The van der Waals surface area contributed by atoms with E-state index in [2.05, 4.69) is 13.8 Å². The summed E-state index contributed by atoms with van der Waals surface area (Å²) in [5.41, 5.74) is 1.59. The van der Waals surface area contributed by atoms with Crippen LogP contribution in [0.5, 0.6) is 0 Å². The Kier molecular flexibility index (Phi) is 4.55. The summed E-state index contributed by atoms with van der Waals surface area (Å²) in [6, 6.07) is 0. The van der Waals surface area contributed by atoms with E-state index < -0.39 is 0 Å². The molecule has 0 aliphatic heterocycles. The number of allylic oxidation sites excluding steroid dienone is 3. The van der Waals surface area contributed by atoms with Crippen molar-refractivity contribution < 1.29 is 24.2 Å². The predicted octanol–water partition coefficient (Wildman–Crippen LogP) is 4.07. The van der Waals surface area contributed by atoms with Crippen LogP contribution in [0.15, 0.2) is 23.0 Å². The fraction of sp³-hybridized carbons (Fsp3) is 0.696. The number of aliphatic hydroxyl groups is 1. The normalized spacial score (nSPS) is 44.0. The summed E-state index contributed by atoms with van der Waals surface area (Å²) in [6.07, 6.45) is 7.65. The first-order valence-electron chi connectivity index (χ1n) is 10.5. The minimum Gasteiger partial charge on any atom is -0.505 e. The van der Waals surface area contributed by atoms with E-state index in [1.54, 1.807) is 0 Å². The summed E-state index contributed by atoms with van der Waals surface area (Å²) in [5, 5.41) is 10.3. The first-order valence-corrected chi connectivity index (χ1v) is 10.5. The third-order valence-electron chi connectivity index (χ3n) is 8.40. The Morgan fingerprint density at radius 2 is 1.96 bits per heavy atom. The molecule has 4 aliphatic rings. The van der Waals surface area contributed by atoms with Crippen LogP contribution >= 0.6 is 0 Å². The van der Waals surface area contributed by atoms with Crippen LogP contribution in [0.1, 0.15) is 65.7 Å². The Bertz CT molecular complexity index is 793. The van der Waals surface area contributed by atoms with Crippen LogP contribution in [0.4, 0.5) is 0 Å². The Labute approximate surface area is 166 Å². The second-order valence-electron chi connectivity index (χ2n) is 9.68. The van der Waals surface area contributed by atoms with Gasteiger partial charge in [-0.3, -0.25) is 14.4 Å². The summed E-state index contributed by atoms with van der Waals surface area (Å²) in [7, 11) is 0. The average molecular weight is 386 g/mol. The van der Waals surface area contributed by atoms with Crippen LogP contribution in [0.25, 0.3) is 0 Å². The quantitative estimate of drug-likeness (QED) is 0.335. The summed E-state index contributed by atoms with van der Waals surface area (Å²) in [5.74, 6) is 0.669. The first kappa shape index (κ1) is 19.4. The van der Waals surface area contributed by atoms with E-state index >= 15 is 0 Å². The molecule has 0 amide bonds. The zero-order valence-electron chi connectivity index (χ0n) is 17.0. The van der Waals surface area contributed by atoms with Gasteiger partial charge < -0.3 is 9.84 Å². The van der Waals surface area contributed by atoms with Crippen molar-refractivity contribution in [3.63, 3.8) is 0 Å². The number of ether oxygens (including phenoxy) is 1. The number of aldehydes is 1. The van der Waals surface area contributed by atoms with Crippen molar-refractivity contribution in [1.29, 1.82) is 0 Å². The number of aliphatic hydroxyl groups excluding tert-OH is 1. The minimum atomic E-state index is -0.325. The molecule has 152 valence electrons. The maximum Gasteiger partial charge on any atom is 0.302 e. The summed E-state index contributed by atoms with van der Waals surface area (Å²) in [6.45, 7) is 5.82. The minimum absolute atomic E-state index is 0.128. The molecular weight excluding hydrogens is 356 g/mol. The molecule has 5 heteroatoms. The lowest BCUT2D eigenvalue weighted by Crippen LogP contribution is -2.56. The number of ketones is 1. The van der Waals surface area contributed by atoms with Gasteiger partial charge >= 0.3 is 5.97 Å². The molecule has 0 aromatic carbocycles. The molecule has 0 aromatic rings. The smallest absolute Gasteiger partial charge is 0.302 e. The van der Waals surface area contributed by atoms with Crippen molar-refractivity contribution in [2.45, 2.75) is 71.8 Å². The van der Waals surface area contributed by atoms with Crippen molar-refractivity contribution in [3.8, 4) is 0 Å². The van der Waals surface area contributed by atoms with Crippen molar-refractivity contribution >= 4 is 18.0 Å². The van der Waals surface area contributed by atoms with E-state index in [4.69, 9.17) is 4.74 Å². The van der Waals surface area contributed by atoms with Gasteiger partial charge in [-0.2, -0.15) is 0 Å². The van der Waals surface area contributed by atoms with Gasteiger partial charge in [-0.25, -0.2) is 0 Å². The maximum atomic E-state index is 12.0. The fourth-order valence-corrected chi connectivity index (χ4v) is 7.28. The second-order valence-corrected chi connectivity index (χ2v) is 9.68. The van der Waals surface area contributed by atoms with E-state index in [9.17, 15) is 19.5 Å². The van der Waals surface area contributed by atoms with Crippen molar-refractivity contribution in [2.75, 3.05) is 0 Å². The zero-order valence-corrected chi connectivity index (χ0v) is 17.0. The number of carbonyl (C=O) groups is 3. The van der Waals surface area contributed by atoms with Gasteiger partial charge in [0.15, 0.2) is 17.8 Å². The van der Waals surface area contributed by atoms with Crippen LogP contribution in [0.3, 0.4) is 0 Å². The number of rotatable bonds is 2. The highest BCUT2D eigenvalue weighted by Gasteiger charge is 2.62. The summed E-state index contributed by atoms with van der Waals surface area (Å²) < 4.78 is 5.89. The lowest BCUT2D eigenvalue weighted by Gasteiger charge is -2.59. The first-order chi connectivity index (χ1) is 13.2. The van der Waals surface area contributed by atoms with Crippen LogP contribution in [0.2, 0.25) is 0 Å². The molecule has 0 bridgehead atoms. The fourth-order valence-electron chi connectivity index (χ4n) is 7.28. The van der Waals surface area contributed by atoms with Gasteiger partial charge in [-0.05, 0) is 72.8 Å². The van der Waals surface area contributed by atoms with Gasteiger partial charge in [0, 0.05) is 19.3 Å². The summed E-state index contributed by atoms with van der Waals surface area (Å²) in [4.78, 5) is 35.3. The standard InChI is InChI=1S/C23H30O5/c1-13(25)28-20-11-23(3)17(6-7-18(23)19(27)12-24)16-5-4-14-10-15(26)8-9-22(14,2)21(16)20/h10,12,16-17,20-21,27H,4-9,11H2,1-3H3/b19-18-/t16-,17-,20-,21+,22-,23-/m0/s1. The zero-order chi connectivity index (χ0) is 20.3. The average Bonchev–Trinajstić information content (AvgIpc) is 2.97. The highest BCUT2D eigenvalue weighted by molar-refractivity contribution is 5.91. The molecule has 4 rings (SSSR count). The third-order valence-corrected chi connectivity index (χ3v) is 8.40. The molecule has 28 heavy (non-hydrogen) atoms. The highest BCUT2D eigenvalue weighted by Crippen LogP contribution is 2.67. The third kappa shape index (κ3) is 2.69. The number of esters is 1. The number of hydrogen-bond donors (Lipinski definition) is 1. The van der Waals surface area contributed by atoms with Crippen molar-refractivity contribution in [3.05, 3.63) is 23.0 Å². The molecule has 3 fully saturated rings. The van der Waals surface area contributed by atoms with E-state index in [1.807, 2.05) is 6.08 Å². The van der Waals surface area contributed by atoms with Gasteiger partial charge in [-0.15, -0.1) is 0 Å².